The number of aliphatic hydroxyl groups excluding tert-OH is 1. The van der Waals surface area contributed by atoms with E-state index in [1.54, 1.807) is 13.8 Å². The van der Waals surface area contributed by atoms with Crippen molar-refractivity contribution >= 4 is 5.91 Å². The van der Waals surface area contributed by atoms with Crippen LogP contribution in [0.2, 0.25) is 0 Å². The minimum absolute atomic E-state index is 0.00550. The molecular formula is C13H21N3O3. The third kappa shape index (κ3) is 4.48. The van der Waals surface area contributed by atoms with Gasteiger partial charge in [-0.25, -0.2) is 4.79 Å². The average molecular weight is 267 g/mol. The summed E-state index contributed by atoms with van der Waals surface area (Å²) in [6.07, 6.45) is 0.170. The van der Waals surface area contributed by atoms with Gasteiger partial charge in [-0.3, -0.25) is 4.79 Å². The standard InChI is InChI=1S/C13H21N3O3/c1-8-10(9(2)16-12(19)15-8)5-11(18)14-6-13(3,4)7-17/h17H,5-7H2,1-4H3,(H,14,18)(H,15,16,19). The lowest BCUT2D eigenvalue weighted by atomic mass is 9.95. The van der Waals surface area contributed by atoms with E-state index in [9.17, 15) is 9.59 Å². The summed E-state index contributed by atoms with van der Waals surface area (Å²) in [5, 5.41) is 11.9. The van der Waals surface area contributed by atoms with E-state index in [0.717, 1.165) is 5.56 Å². The maximum atomic E-state index is 11.9. The summed E-state index contributed by atoms with van der Waals surface area (Å²) in [6, 6.07) is 0. The summed E-state index contributed by atoms with van der Waals surface area (Å²) >= 11 is 0. The molecule has 3 N–H and O–H groups in total. The third-order valence-corrected chi connectivity index (χ3v) is 2.98. The number of amides is 1. The Bertz CT molecular complexity index is 494. The van der Waals surface area contributed by atoms with Crippen molar-refractivity contribution in [3.8, 4) is 0 Å². The van der Waals surface area contributed by atoms with E-state index >= 15 is 0 Å². The van der Waals surface area contributed by atoms with Gasteiger partial charge in [0.05, 0.1) is 6.42 Å². The molecule has 6 heteroatoms. The molecule has 19 heavy (non-hydrogen) atoms. The van der Waals surface area contributed by atoms with E-state index in [-0.39, 0.29) is 24.3 Å². The zero-order chi connectivity index (χ0) is 14.6. The molecule has 1 amide bonds. The van der Waals surface area contributed by atoms with E-state index in [2.05, 4.69) is 15.3 Å². The zero-order valence-corrected chi connectivity index (χ0v) is 11.8. The molecule has 0 unspecified atom stereocenters. The lowest BCUT2D eigenvalue weighted by Crippen LogP contribution is -2.37. The van der Waals surface area contributed by atoms with Gasteiger partial charge in [-0.05, 0) is 13.8 Å². The van der Waals surface area contributed by atoms with Crippen LogP contribution < -0.4 is 11.0 Å². The highest BCUT2D eigenvalue weighted by atomic mass is 16.3. The van der Waals surface area contributed by atoms with E-state index in [1.807, 2.05) is 13.8 Å². The van der Waals surface area contributed by atoms with Gasteiger partial charge >= 0.3 is 5.69 Å². The van der Waals surface area contributed by atoms with Gasteiger partial charge in [0.15, 0.2) is 0 Å². The molecule has 0 saturated heterocycles. The molecule has 1 heterocycles. The predicted molar refractivity (Wildman–Crippen MR) is 71.9 cm³/mol. The number of nitrogens with one attached hydrogen (secondary N) is 2. The lowest BCUT2D eigenvalue weighted by Gasteiger charge is -2.22. The number of carbonyl (C=O) groups is 1. The summed E-state index contributed by atoms with van der Waals surface area (Å²) in [7, 11) is 0. The van der Waals surface area contributed by atoms with E-state index in [0.29, 0.717) is 17.9 Å². The first-order valence-electron chi connectivity index (χ1n) is 6.19. The maximum absolute atomic E-state index is 11.9. The van der Waals surface area contributed by atoms with Crippen LogP contribution in [0.25, 0.3) is 0 Å². The third-order valence-electron chi connectivity index (χ3n) is 2.98. The molecule has 0 aromatic carbocycles. The van der Waals surface area contributed by atoms with Crippen LogP contribution in [0.5, 0.6) is 0 Å². The minimum atomic E-state index is -0.402. The van der Waals surface area contributed by atoms with Crippen molar-refractivity contribution in [3.63, 3.8) is 0 Å². The Hall–Kier alpha value is -1.69. The molecule has 0 radical (unpaired) electrons. The largest absolute Gasteiger partial charge is 0.396 e. The predicted octanol–water partition coefficient (Wildman–Crippen LogP) is 0.0639. The van der Waals surface area contributed by atoms with Crippen molar-refractivity contribution in [1.82, 2.24) is 15.3 Å². The fraction of sp³-hybridized carbons (Fsp3) is 0.615. The summed E-state index contributed by atoms with van der Waals surface area (Å²) in [5.41, 5.74) is 1.22. The Morgan fingerprint density at radius 1 is 1.42 bits per heavy atom. The normalized spacial score (nSPS) is 11.4. The molecule has 0 saturated carbocycles. The topological polar surface area (TPSA) is 95.1 Å². The van der Waals surface area contributed by atoms with Crippen LogP contribution in [-0.2, 0) is 11.2 Å². The molecule has 0 spiro atoms. The highest BCUT2D eigenvalue weighted by molar-refractivity contribution is 5.79. The zero-order valence-electron chi connectivity index (χ0n) is 11.8. The second kappa shape index (κ2) is 5.97. The van der Waals surface area contributed by atoms with Crippen LogP contribution in [-0.4, -0.2) is 34.1 Å². The fourth-order valence-corrected chi connectivity index (χ4v) is 1.63. The number of H-pyrrole nitrogens is 1. The van der Waals surface area contributed by atoms with Crippen LogP contribution in [0, 0.1) is 19.3 Å². The van der Waals surface area contributed by atoms with Gasteiger partial charge in [0.25, 0.3) is 0 Å². The number of aromatic nitrogens is 2. The second-order valence-electron chi connectivity index (χ2n) is 5.51. The average Bonchev–Trinajstić information content (AvgIpc) is 2.31. The minimum Gasteiger partial charge on any atom is -0.396 e. The molecule has 0 bridgehead atoms. The molecule has 1 aromatic rings. The first-order valence-corrected chi connectivity index (χ1v) is 6.19. The SMILES string of the molecule is Cc1nc(=O)[nH]c(C)c1CC(=O)NCC(C)(C)CO. The van der Waals surface area contributed by atoms with Gasteiger partial charge in [-0.15, -0.1) is 0 Å². The van der Waals surface area contributed by atoms with Crippen molar-refractivity contribution in [2.45, 2.75) is 34.1 Å². The van der Waals surface area contributed by atoms with Gasteiger partial charge in [0, 0.05) is 35.5 Å². The first kappa shape index (κ1) is 15.4. The Labute approximate surface area is 112 Å². The first-order chi connectivity index (χ1) is 8.75. The molecular weight excluding hydrogens is 246 g/mol. The molecule has 0 aliphatic heterocycles. The Balaban J connectivity index is 2.71. The van der Waals surface area contributed by atoms with Gasteiger partial charge in [0.1, 0.15) is 0 Å². The second-order valence-corrected chi connectivity index (χ2v) is 5.51. The van der Waals surface area contributed by atoms with Crippen LogP contribution in [0.3, 0.4) is 0 Å². The number of aliphatic hydroxyl groups is 1. The summed E-state index contributed by atoms with van der Waals surface area (Å²) in [4.78, 5) is 29.4. The number of hydrogen-bond acceptors (Lipinski definition) is 4. The number of aryl methyl sites for hydroxylation is 2. The smallest absolute Gasteiger partial charge is 0.345 e. The van der Waals surface area contributed by atoms with Crippen molar-refractivity contribution < 1.29 is 9.90 Å². The lowest BCUT2D eigenvalue weighted by molar-refractivity contribution is -0.121. The van der Waals surface area contributed by atoms with Gasteiger partial charge in [-0.1, -0.05) is 13.8 Å². The highest BCUT2D eigenvalue weighted by Crippen LogP contribution is 2.12. The van der Waals surface area contributed by atoms with Crippen molar-refractivity contribution in [1.29, 1.82) is 0 Å². The molecule has 106 valence electrons. The number of nitrogens with zero attached hydrogens (tertiary/aromatic N) is 1. The van der Waals surface area contributed by atoms with Gasteiger partial charge in [-0.2, -0.15) is 4.98 Å². The molecule has 0 aliphatic carbocycles. The summed E-state index contributed by atoms with van der Waals surface area (Å²) < 4.78 is 0. The maximum Gasteiger partial charge on any atom is 0.345 e. The number of rotatable bonds is 5. The highest BCUT2D eigenvalue weighted by Gasteiger charge is 2.18. The number of hydrogen-bond donors (Lipinski definition) is 3. The Morgan fingerprint density at radius 3 is 2.58 bits per heavy atom. The van der Waals surface area contributed by atoms with E-state index < -0.39 is 5.69 Å². The van der Waals surface area contributed by atoms with Crippen LogP contribution >= 0.6 is 0 Å². The van der Waals surface area contributed by atoms with Crippen molar-refractivity contribution in [3.05, 3.63) is 27.4 Å². The molecule has 6 nitrogen and oxygen atoms in total. The summed E-state index contributed by atoms with van der Waals surface area (Å²) in [5.74, 6) is -0.151. The van der Waals surface area contributed by atoms with Crippen LogP contribution in [0.4, 0.5) is 0 Å². The monoisotopic (exact) mass is 267 g/mol. The molecule has 0 fully saturated rings. The number of aromatic amines is 1. The van der Waals surface area contributed by atoms with E-state index in [4.69, 9.17) is 5.11 Å². The Morgan fingerprint density at radius 2 is 2.05 bits per heavy atom. The Kier molecular flexibility index (Phi) is 4.83. The van der Waals surface area contributed by atoms with Gasteiger partial charge < -0.3 is 15.4 Å². The molecule has 1 rings (SSSR count). The molecule has 1 aromatic heterocycles. The number of carbonyl (C=O) groups excluding carboxylic acids is 1. The van der Waals surface area contributed by atoms with Crippen LogP contribution in [0.1, 0.15) is 30.8 Å². The van der Waals surface area contributed by atoms with Gasteiger partial charge in [0.2, 0.25) is 5.91 Å². The molecule has 0 aliphatic rings. The fourth-order valence-electron chi connectivity index (χ4n) is 1.63. The van der Waals surface area contributed by atoms with Crippen molar-refractivity contribution in [2.24, 2.45) is 5.41 Å². The quantitative estimate of drug-likeness (QED) is 0.703. The van der Waals surface area contributed by atoms with Crippen LogP contribution in [0.15, 0.2) is 4.79 Å². The summed E-state index contributed by atoms with van der Waals surface area (Å²) in [6.45, 7) is 7.60. The van der Waals surface area contributed by atoms with Crippen molar-refractivity contribution in [2.75, 3.05) is 13.2 Å². The molecule has 0 atom stereocenters. The van der Waals surface area contributed by atoms with E-state index in [1.165, 1.54) is 0 Å².